The van der Waals surface area contributed by atoms with Gasteiger partial charge in [0.25, 0.3) is 0 Å². The minimum absolute atomic E-state index is 0.285. The molecule has 2 N–H and O–H groups in total. The summed E-state index contributed by atoms with van der Waals surface area (Å²) in [5.41, 5.74) is 4.42. The van der Waals surface area contributed by atoms with E-state index in [1.54, 1.807) is 25.1 Å². The third-order valence-corrected chi connectivity index (χ3v) is 5.22. The van der Waals surface area contributed by atoms with Crippen LogP contribution in [0.25, 0.3) is 21.3 Å². The van der Waals surface area contributed by atoms with Gasteiger partial charge < -0.3 is 10.4 Å². The fraction of sp³-hybridized carbons (Fsp3) is 0.0476. The highest BCUT2D eigenvalue weighted by Gasteiger charge is 2.12. The number of hydrogen-bond acceptors (Lipinski definition) is 4. The van der Waals surface area contributed by atoms with Crippen molar-refractivity contribution < 1.29 is 14.3 Å². The predicted molar refractivity (Wildman–Crippen MR) is 106 cm³/mol. The highest BCUT2D eigenvalue weighted by atomic mass is 32.1. The third-order valence-electron chi connectivity index (χ3n) is 4.29. The number of carboxylic acids is 1. The van der Waals surface area contributed by atoms with Crippen molar-refractivity contribution in [1.82, 2.24) is 4.98 Å². The molecule has 0 saturated carbocycles. The molecule has 3 aromatic carbocycles. The van der Waals surface area contributed by atoms with E-state index < -0.39 is 5.97 Å². The van der Waals surface area contributed by atoms with Crippen molar-refractivity contribution in [3.05, 3.63) is 77.6 Å². The van der Waals surface area contributed by atoms with Crippen molar-refractivity contribution in [3.63, 3.8) is 0 Å². The van der Waals surface area contributed by atoms with Gasteiger partial charge in [-0.25, -0.2) is 14.2 Å². The number of carbonyl (C=O) groups is 1. The van der Waals surface area contributed by atoms with E-state index in [4.69, 9.17) is 0 Å². The number of aromatic carboxylic acids is 1. The molecule has 1 aromatic heterocycles. The van der Waals surface area contributed by atoms with Crippen molar-refractivity contribution in [2.75, 3.05) is 5.32 Å². The molecular weight excluding hydrogens is 363 g/mol. The molecule has 4 nitrogen and oxygen atoms in total. The minimum atomic E-state index is -0.938. The molecule has 27 heavy (non-hydrogen) atoms. The first-order valence-electron chi connectivity index (χ1n) is 8.28. The highest BCUT2D eigenvalue weighted by molar-refractivity contribution is 7.22. The number of carboxylic acid groups (broad SMARTS) is 1. The molecule has 4 aromatic rings. The Kier molecular flexibility index (Phi) is 4.33. The molecule has 4 rings (SSSR count). The molecule has 134 valence electrons. The summed E-state index contributed by atoms with van der Waals surface area (Å²) in [6, 6.07) is 17.5. The van der Waals surface area contributed by atoms with Crippen LogP contribution < -0.4 is 5.32 Å². The fourth-order valence-corrected chi connectivity index (χ4v) is 3.89. The van der Waals surface area contributed by atoms with Crippen molar-refractivity contribution in [2.24, 2.45) is 0 Å². The van der Waals surface area contributed by atoms with Gasteiger partial charge in [-0.3, -0.25) is 0 Å². The van der Waals surface area contributed by atoms with Gasteiger partial charge in [-0.1, -0.05) is 41.7 Å². The van der Waals surface area contributed by atoms with Gasteiger partial charge >= 0.3 is 5.97 Å². The summed E-state index contributed by atoms with van der Waals surface area (Å²) in [5.74, 6) is -1.22. The second-order valence-corrected chi connectivity index (χ2v) is 7.17. The van der Waals surface area contributed by atoms with Crippen molar-refractivity contribution in [2.45, 2.75) is 6.92 Å². The zero-order valence-electron chi connectivity index (χ0n) is 14.4. The maximum atomic E-state index is 13.4. The van der Waals surface area contributed by atoms with E-state index in [9.17, 15) is 14.3 Å². The summed E-state index contributed by atoms with van der Waals surface area (Å²) in [6.07, 6.45) is 0. The van der Waals surface area contributed by atoms with Crippen LogP contribution in [-0.4, -0.2) is 16.1 Å². The van der Waals surface area contributed by atoms with Crippen molar-refractivity contribution >= 4 is 38.3 Å². The van der Waals surface area contributed by atoms with Gasteiger partial charge in [0, 0.05) is 11.3 Å². The number of para-hydroxylation sites is 1. The van der Waals surface area contributed by atoms with E-state index in [0.717, 1.165) is 27.0 Å². The van der Waals surface area contributed by atoms with E-state index >= 15 is 0 Å². The molecule has 0 radical (unpaired) electrons. The lowest BCUT2D eigenvalue weighted by molar-refractivity contribution is 0.0696. The van der Waals surface area contributed by atoms with E-state index in [0.29, 0.717) is 10.7 Å². The number of aromatic nitrogens is 1. The summed E-state index contributed by atoms with van der Waals surface area (Å²) in [7, 11) is 0. The van der Waals surface area contributed by atoms with Crippen LogP contribution in [0.15, 0.2) is 60.7 Å². The fourth-order valence-electron chi connectivity index (χ4n) is 2.98. The summed E-state index contributed by atoms with van der Waals surface area (Å²) in [6.45, 7) is 1.78. The molecule has 0 amide bonds. The molecule has 0 atom stereocenters. The molecule has 0 saturated heterocycles. The molecule has 0 aliphatic carbocycles. The first-order valence-corrected chi connectivity index (χ1v) is 9.09. The Morgan fingerprint density at radius 3 is 2.70 bits per heavy atom. The molecule has 0 bridgehead atoms. The van der Waals surface area contributed by atoms with Crippen LogP contribution in [0, 0.1) is 12.7 Å². The second kappa shape index (κ2) is 6.81. The number of hydrogen-bond donors (Lipinski definition) is 2. The first kappa shape index (κ1) is 17.2. The Morgan fingerprint density at radius 1 is 1.11 bits per heavy atom. The quantitative estimate of drug-likeness (QED) is 0.467. The summed E-state index contributed by atoms with van der Waals surface area (Å²) >= 11 is 1.38. The summed E-state index contributed by atoms with van der Waals surface area (Å²) in [5, 5.41) is 13.2. The maximum absolute atomic E-state index is 13.4. The number of benzene rings is 3. The number of halogens is 1. The topological polar surface area (TPSA) is 62.2 Å². The number of fused-ring (bicyclic) bond motifs is 1. The number of aryl methyl sites for hydroxylation is 1. The largest absolute Gasteiger partial charge is 0.478 e. The van der Waals surface area contributed by atoms with Crippen molar-refractivity contribution in [1.29, 1.82) is 0 Å². The lowest BCUT2D eigenvalue weighted by atomic mass is 9.98. The van der Waals surface area contributed by atoms with Gasteiger partial charge in [0.15, 0.2) is 5.13 Å². The number of thiazole rings is 1. The minimum Gasteiger partial charge on any atom is -0.478 e. The molecule has 0 aliphatic rings. The van der Waals surface area contributed by atoms with Gasteiger partial charge in [0.1, 0.15) is 5.82 Å². The smallest absolute Gasteiger partial charge is 0.335 e. The standard InChI is InChI=1S/C21H15FN2O2S/c1-12-10-13(6-8-15(12)20(25)26)16-4-2-3-5-17(16)23-21-24-18-9-7-14(22)11-19(18)27-21/h2-11H,1H3,(H,23,24)(H,25,26). The second-order valence-electron chi connectivity index (χ2n) is 6.14. The summed E-state index contributed by atoms with van der Waals surface area (Å²) in [4.78, 5) is 15.7. The monoisotopic (exact) mass is 378 g/mol. The molecule has 0 spiro atoms. The molecular formula is C21H15FN2O2S. The Labute approximate surface area is 158 Å². The molecule has 6 heteroatoms. The lowest BCUT2D eigenvalue weighted by Crippen LogP contribution is -2.00. The summed E-state index contributed by atoms with van der Waals surface area (Å²) < 4.78 is 14.2. The van der Waals surface area contributed by atoms with E-state index in [1.807, 2.05) is 30.3 Å². The van der Waals surface area contributed by atoms with Crippen LogP contribution in [-0.2, 0) is 0 Å². The predicted octanol–water partition coefficient (Wildman–Crippen LogP) is 5.85. The zero-order chi connectivity index (χ0) is 19.0. The van der Waals surface area contributed by atoms with Crippen LogP contribution in [0.4, 0.5) is 15.2 Å². The van der Waals surface area contributed by atoms with Gasteiger partial charge in [0.05, 0.1) is 15.8 Å². The van der Waals surface area contributed by atoms with Gasteiger partial charge in [-0.05, 0) is 48.4 Å². The third kappa shape index (κ3) is 3.39. The van der Waals surface area contributed by atoms with E-state index in [2.05, 4.69) is 10.3 Å². The number of nitrogens with one attached hydrogen (secondary N) is 1. The number of nitrogens with zero attached hydrogens (tertiary/aromatic N) is 1. The molecule has 0 aliphatic heterocycles. The molecule has 1 heterocycles. The van der Waals surface area contributed by atoms with Crippen LogP contribution in [0.2, 0.25) is 0 Å². The van der Waals surface area contributed by atoms with Crippen molar-refractivity contribution in [3.8, 4) is 11.1 Å². The Morgan fingerprint density at radius 2 is 1.93 bits per heavy atom. The van der Waals surface area contributed by atoms with Crippen LogP contribution in [0.1, 0.15) is 15.9 Å². The number of anilines is 2. The van der Waals surface area contributed by atoms with Crippen LogP contribution >= 0.6 is 11.3 Å². The van der Waals surface area contributed by atoms with Crippen LogP contribution in [0.5, 0.6) is 0 Å². The van der Waals surface area contributed by atoms with Gasteiger partial charge in [-0.15, -0.1) is 0 Å². The van der Waals surface area contributed by atoms with E-state index in [1.165, 1.54) is 23.5 Å². The normalized spacial score (nSPS) is 10.9. The Hall–Kier alpha value is -3.25. The molecule has 0 unspecified atom stereocenters. The zero-order valence-corrected chi connectivity index (χ0v) is 15.2. The Balaban J connectivity index is 1.72. The number of rotatable bonds is 4. The lowest BCUT2D eigenvalue weighted by Gasteiger charge is -2.12. The van der Waals surface area contributed by atoms with E-state index in [-0.39, 0.29) is 11.4 Å². The van der Waals surface area contributed by atoms with Gasteiger partial charge in [0.2, 0.25) is 0 Å². The first-order chi connectivity index (χ1) is 13.0. The highest BCUT2D eigenvalue weighted by Crippen LogP contribution is 2.34. The average molecular weight is 378 g/mol. The Bertz CT molecular complexity index is 1170. The SMILES string of the molecule is Cc1cc(-c2ccccc2Nc2nc3ccc(F)cc3s2)ccc1C(=O)O. The molecule has 0 fully saturated rings. The van der Waals surface area contributed by atoms with Gasteiger partial charge in [-0.2, -0.15) is 0 Å². The average Bonchev–Trinajstić information content (AvgIpc) is 3.03. The van der Waals surface area contributed by atoms with Crippen LogP contribution in [0.3, 0.4) is 0 Å². The maximum Gasteiger partial charge on any atom is 0.335 e.